The second-order valence-corrected chi connectivity index (χ2v) is 7.12. The highest BCUT2D eigenvalue weighted by atomic mass is 16.5. The van der Waals surface area contributed by atoms with Gasteiger partial charge in [0.15, 0.2) is 5.65 Å². The van der Waals surface area contributed by atoms with Crippen LogP contribution in [0.1, 0.15) is 32.9 Å². The van der Waals surface area contributed by atoms with E-state index in [0.29, 0.717) is 34.1 Å². The largest absolute Gasteiger partial charge is 0.487 e. The molecule has 0 radical (unpaired) electrons. The second kappa shape index (κ2) is 7.87. The Morgan fingerprint density at radius 2 is 1.87 bits per heavy atom. The van der Waals surface area contributed by atoms with Crippen LogP contribution in [0, 0.1) is 20.8 Å². The summed E-state index contributed by atoms with van der Waals surface area (Å²) in [5.74, 6) is 1.02. The van der Waals surface area contributed by atoms with E-state index < -0.39 is 0 Å². The Bertz CT molecular complexity index is 1300. The lowest BCUT2D eigenvalue weighted by atomic mass is 10.1. The summed E-state index contributed by atoms with van der Waals surface area (Å²) < 4.78 is 12.3. The Kier molecular flexibility index (Phi) is 5.10. The number of hydrogen-bond donors (Lipinski definition) is 1. The van der Waals surface area contributed by atoms with Crippen LogP contribution in [0.2, 0.25) is 0 Å². The minimum atomic E-state index is -0.303. The van der Waals surface area contributed by atoms with Gasteiger partial charge in [-0.1, -0.05) is 24.3 Å². The van der Waals surface area contributed by atoms with E-state index in [9.17, 15) is 9.59 Å². The van der Waals surface area contributed by atoms with E-state index in [-0.39, 0.29) is 18.1 Å². The number of ether oxygens (including phenoxy) is 1. The maximum atomic E-state index is 12.6. The molecule has 0 spiro atoms. The number of anilines is 1. The summed E-state index contributed by atoms with van der Waals surface area (Å²) >= 11 is 0. The number of nitrogens with one attached hydrogen (secondary N) is 1. The average molecular weight is 403 g/mol. The van der Waals surface area contributed by atoms with Crippen molar-refractivity contribution in [2.75, 3.05) is 5.32 Å². The first kappa shape index (κ1) is 19.4. The van der Waals surface area contributed by atoms with Gasteiger partial charge in [0.2, 0.25) is 0 Å². The van der Waals surface area contributed by atoms with Gasteiger partial charge in [0.1, 0.15) is 18.1 Å². The molecule has 0 aliphatic rings. The lowest BCUT2D eigenvalue weighted by Gasteiger charge is -2.12. The van der Waals surface area contributed by atoms with E-state index in [2.05, 4.69) is 10.3 Å². The van der Waals surface area contributed by atoms with Crippen molar-refractivity contribution in [1.82, 2.24) is 9.56 Å². The Morgan fingerprint density at radius 3 is 2.67 bits per heavy atom. The molecule has 0 saturated heterocycles. The zero-order valence-corrected chi connectivity index (χ0v) is 16.9. The molecule has 4 rings (SSSR count). The van der Waals surface area contributed by atoms with Crippen LogP contribution in [0.25, 0.3) is 5.65 Å². The van der Waals surface area contributed by atoms with Crippen molar-refractivity contribution in [2.45, 2.75) is 27.4 Å². The Morgan fingerprint density at radius 1 is 1.07 bits per heavy atom. The summed E-state index contributed by atoms with van der Waals surface area (Å²) in [7, 11) is 0. The number of aryl methyl sites for hydroxylation is 3. The van der Waals surface area contributed by atoms with Crippen molar-refractivity contribution in [2.24, 2.45) is 0 Å². The fraction of sp³-hybridized carbons (Fsp3) is 0.174. The Labute approximate surface area is 172 Å². The molecule has 0 fully saturated rings. The van der Waals surface area contributed by atoms with Crippen LogP contribution < -0.4 is 15.6 Å². The third-order valence-electron chi connectivity index (χ3n) is 4.74. The molecule has 7 heteroatoms. The molecule has 4 aromatic rings. The molecule has 30 heavy (non-hydrogen) atoms. The Hall–Kier alpha value is -3.87. The monoisotopic (exact) mass is 403 g/mol. The van der Waals surface area contributed by atoms with Crippen LogP contribution in [0.15, 0.2) is 63.9 Å². The van der Waals surface area contributed by atoms with E-state index in [0.717, 1.165) is 15.7 Å². The molecule has 2 aromatic heterocycles. The highest BCUT2D eigenvalue weighted by Gasteiger charge is 2.11. The van der Waals surface area contributed by atoms with Crippen LogP contribution in [0.3, 0.4) is 0 Å². The normalized spacial score (nSPS) is 10.9. The third-order valence-corrected chi connectivity index (χ3v) is 4.74. The number of carbonyl (C=O) groups is 1. The molecular formula is C23H21N3O4. The molecular weight excluding hydrogens is 382 g/mol. The van der Waals surface area contributed by atoms with Crippen LogP contribution >= 0.6 is 0 Å². The number of fused-ring (bicyclic) bond motifs is 1. The standard InChI is InChI=1S/C23H21N3O4/c1-14-6-4-5-7-19(14)23(28)25-17-9-8-15(2)20(11-17)29-13-18-12-22(27)26-21(24-18)10-16(3)30-26/h4-12H,13H2,1-3H3,(H,25,28). The minimum Gasteiger partial charge on any atom is -0.487 e. The van der Waals surface area contributed by atoms with Crippen molar-refractivity contribution in [3.63, 3.8) is 0 Å². The molecule has 1 amide bonds. The molecule has 2 aromatic carbocycles. The first-order valence-corrected chi connectivity index (χ1v) is 9.51. The molecule has 0 saturated carbocycles. The molecule has 0 aliphatic heterocycles. The maximum absolute atomic E-state index is 12.6. The number of amides is 1. The Balaban J connectivity index is 1.52. The van der Waals surface area contributed by atoms with Crippen LogP contribution in [0.4, 0.5) is 5.69 Å². The van der Waals surface area contributed by atoms with Gasteiger partial charge in [-0.3, -0.25) is 9.59 Å². The smallest absolute Gasteiger partial charge is 0.287 e. The summed E-state index contributed by atoms with van der Waals surface area (Å²) in [6.07, 6.45) is 0. The molecule has 152 valence electrons. The fourth-order valence-corrected chi connectivity index (χ4v) is 3.16. The van der Waals surface area contributed by atoms with Crippen LogP contribution in [0.5, 0.6) is 5.75 Å². The van der Waals surface area contributed by atoms with Crippen molar-refractivity contribution in [1.29, 1.82) is 0 Å². The predicted octanol–water partition coefficient (Wildman–Crippen LogP) is 4.04. The molecule has 0 unspecified atom stereocenters. The fourth-order valence-electron chi connectivity index (χ4n) is 3.16. The van der Waals surface area contributed by atoms with Crippen LogP contribution in [-0.4, -0.2) is 15.5 Å². The number of benzene rings is 2. The summed E-state index contributed by atoms with van der Waals surface area (Å²) in [5, 5.41) is 2.90. The van der Waals surface area contributed by atoms with Gasteiger partial charge >= 0.3 is 0 Å². The van der Waals surface area contributed by atoms with Gasteiger partial charge in [0.05, 0.1) is 5.69 Å². The number of carbonyl (C=O) groups excluding carboxylic acids is 1. The SMILES string of the molecule is Cc1cc2nc(COc3cc(NC(=O)c4ccccc4C)ccc3C)cc(=O)n2o1. The number of aromatic nitrogens is 2. The first-order valence-electron chi connectivity index (χ1n) is 9.51. The molecule has 2 heterocycles. The van der Waals surface area contributed by atoms with Crippen molar-refractivity contribution >= 4 is 17.2 Å². The summed E-state index contributed by atoms with van der Waals surface area (Å²) in [6.45, 7) is 5.68. The quantitative estimate of drug-likeness (QED) is 0.543. The topological polar surface area (TPSA) is 85.8 Å². The lowest BCUT2D eigenvalue weighted by Crippen LogP contribution is -2.15. The maximum Gasteiger partial charge on any atom is 0.287 e. The van der Waals surface area contributed by atoms with Gasteiger partial charge in [-0.15, -0.1) is 4.57 Å². The van der Waals surface area contributed by atoms with E-state index in [1.807, 2.05) is 44.2 Å². The molecule has 0 aliphatic carbocycles. The van der Waals surface area contributed by atoms with Gasteiger partial charge < -0.3 is 14.6 Å². The first-order chi connectivity index (χ1) is 14.4. The van der Waals surface area contributed by atoms with Crippen LogP contribution in [-0.2, 0) is 6.61 Å². The van der Waals surface area contributed by atoms with Crippen molar-refractivity contribution < 1.29 is 14.1 Å². The van der Waals surface area contributed by atoms with E-state index in [4.69, 9.17) is 9.26 Å². The highest BCUT2D eigenvalue weighted by molar-refractivity contribution is 6.05. The van der Waals surface area contributed by atoms with E-state index in [1.165, 1.54) is 6.07 Å². The summed E-state index contributed by atoms with van der Waals surface area (Å²) in [5.41, 5.74) is 3.68. The molecule has 0 bridgehead atoms. The van der Waals surface area contributed by atoms with Crippen molar-refractivity contribution in [3.05, 3.63) is 93.1 Å². The van der Waals surface area contributed by atoms with Gasteiger partial charge in [0, 0.05) is 29.4 Å². The number of nitrogens with zero attached hydrogens (tertiary/aromatic N) is 2. The van der Waals surface area contributed by atoms with Gasteiger partial charge in [-0.05, 0) is 44.0 Å². The minimum absolute atomic E-state index is 0.117. The van der Waals surface area contributed by atoms with E-state index >= 15 is 0 Å². The summed E-state index contributed by atoms with van der Waals surface area (Å²) in [4.78, 5) is 29.1. The average Bonchev–Trinajstić information content (AvgIpc) is 3.09. The molecule has 1 N–H and O–H groups in total. The molecule has 7 nitrogen and oxygen atoms in total. The third kappa shape index (κ3) is 3.96. The van der Waals surface area contributed by atoms with Gasteiger partial charge in [-0.2, -0.15) is 0 Å². The molecule has 0 atom stereocenters. The van der Waals surface area contributed by atoms with Crippen molar-refractivity contribution in [3.8, 4) is 5.75 Å². The number of rotatable bonds is 5. The van der Waals surface area contributed by atoms with Gasteiger partial charge in [0.25, 0.3) is 11.5 Å². The lowest BCUT2D eigenvalue weighted by molar-refractivity contribution is 0.102. The number of hydrogen-bond acceptors (Lipinski definition) is 5. The second-order valence-electron chi connectivity index (χ2n) is 7.12. The van der Waals surface area contributed by atoms with E-state index in [1.54, 1.807) is 25.1 Å². The summed E-state index contributed by atoms with van der Waals surface area (Å²) in [6, 6.07) is 15.9. The predicted molar refractivity (Wildman–Crippen MR) is 113 cm³/mol. The van der Waals surface area contributed by atoms with Gasteiger partial charge in [-0.25, -0.2) is 4.98 Å². The highest BCUT2D eigenvalue weighted by Crippen LogP contribution is 2.24. The zero-order chi connectivity index (χ0) is 21.3. The zero-order valence-electron chi connectivity index (χ0n) is 16.9.